The maximum absolute atomic E-state index is 14.3. The van der Waals surface area contributed by atoms with Crippen LogP contribution in [0.4, 0.5) is 4.39 Å². The van der Waals surface area contributed by atoms with E-state index >= 15 is 0 Å². The van der Waals surface area contributed by atoms with Crippen LogP contribution in [0.1, 0.15) is 35.2 Å². The van der Waals surface area contributed by atoms with Gasteiger partial charge in [-0.3, -0.25) is 0 Å². The van der Waals surface area contributed by atoms with Crippen LogP contribution in [0.3, 0.4) is 0 Å². The summed E-state index contributed by atoms with van der Waals surface area (Å²) in [7, 11) is 0. The van der Waals surface area contributed by atoms with E-state index in [0.717, 1.165) is 22.3 Å². The van der Waals surface area contributed by atoms with E-state index in [9.17, 15) is 4.39 Å². The zero-order chi connectivity index (χ0) is 16.4. The van der Waals surface area contributed by atoms with E-state index < -0.39 is 0 Å². The minimum atomic E-state index is -0.345. The summed E-state index contributed by atoms with van der Waals surface area (Å²) in [6.45, 7) is 6.15. The first kappa shape index (κ1) is 15.8. The Hall–Kier alpha value is -2.13. The lowest BCUT2D eigenvalue weighted by Gasteiger charge is -2.09. The molecule has 2 aromatic rings. The highest BCUT2D eigenvalue weighted by Crippen LogP contribution is 2.29. The third kappa shape index (κ3) is 3.15. The van der Waals surface area contributed by atoms with Gasteiger partial charge in [0.2, 0.25) is 5.90 Å². The summed E-state index contributed by atoms with van der Waals surface area (Å²) in [6.07, 6.45) is 0. The van der Waals surface area contributed by atoms with Crippen molar-refractivity contribution >= 4 is 23.1 Å². The minimum absolute atomic E-state index is 0.132. The molecule has 118 valence electrons. The smallest absolute Gasteiger partial charge is 0.220 e. The molecule has 1 aliphatic heterocycles. The van der Waals surface area contributed by atoms with Gasteiger partial charge in [-0.2, -0.15) is 0 Å². The molecule has 0 spiro atoms. The molecule has 0 saturated carbocycles. The minimum Gasteiger partial charge on any atom is -0.475 e. The van der Waals surface area contributed by atoms with Crippen LogP contribution in [-0.4, -0.2) is 12.5 Å². The van der Waals surface area contributed by atoms with Crippen molar-refractivity contribution in [3.63, 3.8) is 0 Å². The molecule has 0 N–H and O–H groups in total. The van der Waals surface area contributed by atoms with Gasteiger partial charge in [-0.25, -0.2) is 9.38 Å². The number of alkyl halides is 1. The molecule has 1 heterocycles. The zero-order valence-corrected chi connectivity index (χ0v) is 13.6. The Labute approximate surface area is 140 Å². The Morgan fingerprint density at radius 2 is 2.04 bits per heavy atom. The highest BCUT2D eigenvalue weighted by Gasteiger charge is 2.25. The Bertz CT molecular complexity index is 767. The van der Waals surface area contributed by atoms with Crippen LogP contribution in [0.15, 0.2) is 54.0 Å². The zero-order valence-electron chi connectivity index (χ0n) is 12.9. The van der Waals surface area contributed by atoms with Gasteiger partial charge in [0.05, 0.1) is 5.56 Å². The molecule has 0 aliphatic carbocycles. The van der Waals surface area contributed by atoms with Crippen molar-refractivity contribution in [3.05, 3.63) is 77.1 Å². The van der Waals surface area contributed by atoms with Gasteiger partial charge in [0.1, 0.15) is 18.5 Å². The van der Waals surface area contributed by atoms with Crippen LogP contribution >= 0.6 is 11.6 Å². The summed E-state index contributed by atoms with van der Waals surface area (Å²) in [6, 6.07) is 12.7. The number of benzene rings is 2. The Balaban J connectivity index is 1.95. The molecule has 2 aromatic carbocycles. The Morgan fingerprint density at radius 1 is 1.30 bits per heavy atom. The van der Waals surface area contributed by atoms with Gasteiger partial charge in [0.25, 0.3) is 0 Å². The summed E-state index contributed by atoms with van der Waals surface area (Å²) < 4.78 is 20.0. The number of aliphatic imine (C=N–C) groups is 1. The molecule has 0 fully saturated rings. The second-order valence-electron chi connectivity index (χ2n) is 5.58. The summed E-state index contributed by atoms with van der Waals surface area (Å²) in [4.78, 5) is 4.57. The molecule has 4 heteroatoms. The quantitative estimate of drug-likeness (QED) is 0.714. The standard InChI is InChI=1S/C19H17ClFNO/c1-12(2)15-4-3-5-16(21)18(15)19-22-17(11-23-19)14-8-6-13(10-20)7-9-14/h3-9,17H,1,10-11H2,2H3. The van der Waals surface area contributed by atoms with Gasteiger partial charge < -0.3 is 4.74 Å². The fourth-order valence-corrected chi connectivity index (χ4v) is 2.79. The maximum Gasteiger partial charge on any atom is 0.220 e. The summed E-state index contributed by atoms with van der Waals surface area (Å²) >= 11 is 5.80. The molecule has 1 atom stereocenters. The molecule has 1 aliphatic rings. The fourth-order valence-electron chi connectivity index (χ4n) is 2.61. The second kappa shape index (κ2) is 6.55. The third-order valence-electron chi connectivity index (χ3n) is 3.86. The third-order valence-corrected chi connectivity index (χ3v) is 4.17. The molecule has 0 aromatic heterocycles. The lowest BCUT2D eigenvalue weighted by molar-refractivity contribution is 0.318. The SMILES string of the molecule is C=C(C)c1cccc(F)c1C1=NC(c2ccc(CCl)cc2)CO1. The second-order valence-corrected chi connectivity index (χ2v) is 5.85. The van der Waals surface area contributed by atoms with E-state index in [-0.39, 0.29) is 11.9 Å². The molecular formula is C19H17ClFNO. The summed E-state index contributed by atoms with van der Waals surface area (Å²) in [5.74, 6) is 0.475. The van der Waals surface area contributed by atoms with E-state index in [1.165, 1.54) is 6.07 Å². The van der Waals surface area contributed by atoms with Gasteiger partial charge in [-0.05, 0) is 29.7 Å². The predicted molar refractivity (Wildman–Crippen MR) is 92.3 cm³/mol. The molecule has 0 amide bonds. The van der Waals surface area contributed by atoms with Crippen LogP contribution in [-0.2, 0) is 10.6 Å². The van der Waals surface area contributed by atoms with Crippen molar-refractivity contribution < 1.29 is 9.13 Å². The van der Waals surface area contributed by atoms with Gasteiger partial charge in [-0.15, -0.1) is 11.6 Å². The maximum atomic E-state index is 14.3. The number of halogens is 2. The van der Waals surface area contributed by atoms with Crippen molar-refractivity contribution in [2.75, 3.05) is 6.61 Å². The molecule has 23 heavy (non-hydrogen) atoms. The average molecular weight is 330 g/mol. The molecule has 0 radical (unpaired) electrons. The van der Waals surface area contributed by atoms with Crippen molar-refractivity contribution in [1.82, 2.24) is 0 Å². The lowest BCUT2D eigenvalue weighted by Crippen LogP contribution is -2.07. The first-order valence-electron chi connectivity index (χ1n) is 7.40. The largest absolute Gasteiger partial charge is 0.475 e. The lowest BCUT2D eigenvalue weighted by atomic mass is 10.0. The highest BCUT2D eigenvalue weighted by molar-refractivity contribution is 6.17. The number of hydrogen-bond donors (Lipinski definition) is 0. The van der Waals surface area contributed by atoms with Gasteiger partial charge >= 0.3 is 0 Å². The predicted octanol–water partition coefficient (Wildman–Crippen LogP) is 5.12. The van der Waals surface area contributed by atoms with Crippen molar-refractivity contribution in [3.8, 4) is 0 Å². The number of allylic oxidation sites excluding steroid dienone is 1. The first-order chi connectivity index (χ1) is 11.1. The molecule has 0 bridgehead atoms. The van der Waals surface area contributed by atoms with Gasteiger partial charge in [0, 0.05) is 5.88 Å². The summed E-state index contributed by atoms with van der Waals surface area (Å²) in [5.41, 5.74) is 3.97. The van der Waals surface area contributed by atoms with Crippen LogP contribution in [0.2, 0.25) is 0 Å². The van der Waals surface area contributed by atoms with E-state index in [4.69, 9.17) is 16.3 Å². The normalized spacial score (nSPS) is 16.8. The number of hydrogen-bond acceptors (Lipinski definition) is 2. The number of nitrogens with zero attached hydrogens (tertiary/aromatic N) is 1. The monoisotopic (exact) mass is 329 g/mol. The van der Waals surface area contributed by atoms with Crippen molar-refractivity contribution in [2.24, 2.45) is 4.99 Å². The highest BCUT2D eigenvalue weighted by atomic mass is 35.5. The number of ether oxygens (including phenoxy) is 1. The van der Waals surface area contributed by atoms with Crippen LogP contribution in [0.25, 0.3) is 5.57 Å². The fraction of sp³-hybridized carbons (Fsp3) is 0.211. The van der Waals surface area contributed by atoms with E-state index in [0.29, 0.717) is 23.9 Å². The Morgan fingerprint density at radius 3 is 2.70 bits per heavy atom. The number of rotatable bonds is 4. The van der Waals surface area contributed by atoms with E-state index in [1.807, 2.05) is 37.3 Å². The molecule has 1 unspecified atom stereocenters. The van der Waals surface area contributed by atoms with Crippen molar-refractivity contribution in [2.45, 2.75) is 18.8 Å². The first-order valence-corrected chi connectivity index (χ1v) is 7.93. The van der Waals surface area contributed by atoms with E-state index in [2.05, 4.69) is 11.6 Å². The van der Waals surface area contributed by atoms with E-state index in [1.54, 1.807) is 6.07 Å². The summed E-state index contributed by atoms with van der Waals surface area (Å²) in [5, 5.41) is 0. The molecule has 0 saturated heterocycles. The molecule has 3 rings (SSSR count). The van der Waals surface area contributed by atoms with Crippen LogP contribution < -0.4 is 0 Å². The van der Waals surface area contributed by atoms with Gasteiger partial charge in [0.15, 0.2) is 0 Å². The van der Waals surface area contributed by atoms with Gasteiger partial charge in [-0.1, -0.05) is 48.6 Å². The molecular weight excluding hydrogens is 313 g/mol. The van der Waals surface area contributed by atoms with Crippen LogP contribution in [0.5, 0.6) is 0 Å². The average Bonchev–Trinajstić information content (AvgIpc) is 3.04. The molecule has 2 nitrogen and oxygen atoms in total. The Kier molecular flexibility index (Phi) is 4.49. The topological polar surface area (TPSA) is 21.6 Å². The van der Waals surface area contributed by atoms with Crippen LogP contribution in [0, 0.1) is 5.82 Å². The van der Waals surface area contributed by atoms with Crippen molar-refractivity contribution in [1.29, 1.82) is 0 Å².